The van der Waals surface area contributed by atoms with E-state index in [1.165, 1.54) is 10.4 Å². The second-order valence-electron chi connectivity index (χ2n) is 7.00. The summed E-state index contributed by atoms with van der Waals surface area (Å²) in [6, 6.07) is 12.7. The number of rotatable bonds is 4. The third kappa shape index (κ3) is 2.66. The lowest BCUT2D eigenvalue weighted by atomic mass is 10.1. The van der Waals surface area contributed by atoms with Crippen LogP contribution in [0.1, 0.15) is 27.0 Å². The Labute approximate surface area is 156 Å². The number of amides is 1. The molecule has 1 amide bonds. The van der Waals surface area contributed by atoms with Gasteiger partial charge in [0.15, 0.2) is 0 Å². The third-order valence-electron chi connectivity index (χ3n) is 5.39. The summed E-state index contributed by atoms with van der Waals surface area (Å²) in [4.78, 5) is 23.1. The summed E-state index contributed by atoms with van der Waals surface area (Å²) in [5, 5.41) is 2.08. The van der Waals surface area contributed by atoms with Crippen LogP contribution in [0.15, 0.2) is 60.4 Å². The molecule has 2 aliphatic rings. The van der Waals surface area contributed by atoms with Gasteiger partial charge in [-0.15, -0.1) is 11.3 Å². The zero-order valence-corrected chi connectivity index (χ0v) is 15.2. The van der Waals surface area contributed by atoms with Gasteiger partial charge in [-0.2, -0.15) is 0 Å². The lowest BCUT2D eigenvalue weighted by Gasteiger charge is -2.38. The topological polar surface area (TPSA) is 41.4 Å². The number of nitrogens with zero attached hydrogens (tertiary/aromatic N) is 4. The standard InChI is InChI=1S/C20H20N4OS/c25-20-17-6-2-8-23(17)18-13-22(11-15-4-1-7-21-10-15)14-19(18)24(20)12-16-5-3-9-26-16/h1-10,18-19H,11-14H2. The number of fused-ring (bicyclic) bond motifs is 3. The predicted molar refractivity (Wildman–Crippen MR) is 101 cm³/mol. The summed E-state index contributed by atoms with van der Waals surface area (Å²) in [5.41, 5.74) is 2.03. The fraction of sp³-hybridized carbons (Fsp3) is 0.300. The summed E-state index contributed by atoms with van der Waals surface area (Å²) < 4.78 is 2.18. The second-order valence-corrected chi connectivity index (χ2v) is 8.04. The van der Waals surface area contributed by atoms with Crippen LogP contribution in [0.4, 0.5) is 0 Å². The number of pyridine rings is 1. The van der Waals surface area contributed by atoms with Crippen LogP contribution < -0.4 is 0 Å². The molecule has 5 nitrogen and oxygen atoms in total. The Morgan fingerprint density at radius 3 is 2.81 bits per heavy atom. The van der Waals surface area contributed by atoms with Gasteiger partial charge in [-0.05, 0) is 35.2 Å². The molecule has 0 spiro atoms. The maximum absolute atomic E-state index is 13.1. The predicted octanol–water partition coefficient (Wildman–Crippen LogP) is 3.03. The minimum Gasteiger partial charge on any atom is -0.337 e. The molecular weight excluding hydrogens is 344 g/mol. The molecule has 0 radical (unpaired) electrons. The molecule has 0 aromatic carbocycles. The first-order valence-corrected chi connectivity index (χ1v) is 9.79. The highest BCUT2D eigenvalue weighted by Crippen LogP contribution is 2.35. The monoisotopic (exact) mass is 364 g/mol. The van der Waals surface area contributed by atoms with Gasteiger partial charge in [-0.25, -0.2) is 0 Å². The van der Waals surface area contributed by atoms with Crippen LogP contribution in [0.5, 0.6) is 0 Å². The first-order chi connectivity index (χ1) is 12.8. The minimum absolute atomic E-state index is 0.146. The van der Waals surface area contributed by atoms with Crippen molar-refractivity contribution < 1.29 is 4.79 Å². The molecule has 2 unspecified atom stereocenters. The van der Waals surface area contributed by atoms with Crippen molar-refractivity contribution in [1.29, 1.82) is 0 Å². The fourth-order valence-corrected chi connectivity index (χ4v) is 4.93. The summed E-state index contributed by atoms with van der Waals surface area (Å²) >= 11 is 1.72. The number of thiophene rings is 1. The Morgan fingerprint density at radius 2 is 2.00 bits per heavy atom. The van der Waals surface area contributed by atoms with E-state index in [1.807, 2.05) is 24.4 Å². The lowest BCUT2D eigenvalue weighted by molar-refractivity contribution is 0.0559. The van der Waals surface area contributed by atoms with Gasteiger partial charge in [0.2, 0.25) is 0 Å². The average molecular weight is 364 g/mol. The van der Waals surface area contributed by atoms with Crippen molar-refractivity contribution in [2.24, 2.45) is 0 Å². The number of aromatic nitrogens is 2. The summed E-state index contributed by atoms with van der Waals surface area (Å²) in [5.74, 6) is 0.146. The molecule has 5 heterocycles. The molecule has 1 fully saturated rings. The van der Waals surface area contributed by atoms with E-state index in [0.29, 0.717) is 12.6 Å². The van der Waals surface area contributed by atoms with Crippen molar-refractivity contribution in [2.75, 3.05) is 13.1 Å². The Kier molecular flexibility index (Phi) is 3.87. The fourth-order valence-electron chi connectivity index (χ4n) is 4.23. The minimum atomic E-state index is 0.146. The highest BCUT2D eigenvalue weighted by Gasteiger charge is 2.44. The van der Waals surface area contributed by atoms with Crippen molar-refractivity contribution in [3.05, 3.63) is 76.5 Å². The van der Waals surface area contributed by atoms with Crippen molar-refractivity contribution >= 4 is 17.2 Å². The molecule has 0 N–H and O–H groups in total. The molecule has 3 aromatic rings. The molecule has 2 atom stereocenters. The van der Waals surface area contributed by atoms with Crippen molar-refractivity contribution in [3.63, 3.8) is 0 Å². The molecule has 2 aliphatic heterocycles. The Bertz CT molecular complexity index is 905. The molecule has 6 heteroatoms. The van der Waals surface area contributed by atoms with Crippen LogP contribution in [-0.4, -0.2) is 44.4 Å². The Morgan fingerprint density at radius 1 is 1.08 bits per heavy atom. The van der Waals surface area contributed by atoms with E-state index >= 15 is 0 Å². The smallest absolute Gasteiger partial charge is 0.271 e. The number of carbonyl (C=O) groups is 1. The Hall–Kier alpha value is -2.44. The molecule has 26 heavy (non-hydrogen) atoms. The van der Waals surface area contributed by atoms with Crippen LogP contribution >= 0.6 is 11.3 Å². The van der Waals surface area contributed by atoms with E-state index in [2.05, 4.69) is 49.1 Å². The molecule has 0 bridgehead atoms. The van der Waals surface area contributed by atoms with Crippen LogP contribution in [0, 0.1) is 0 Å². The summed E-state index contributed by atoms with van der Waals surface area (Å²) in [6.45, 7) is 3.42. The number of carbonyl (C=O) groups excluding carboxylic acids is 1. The van der Waals surface area contributed by atoms with E-state index in [1.54, 1.807) is 17.5 Å². The Balaban J connectivity index is 1.44. The zero-order chi connectivity index (χ0) is 17.5. The molecule has 5 rings (SSSR count). The first-order valence-electron chi connectivity index (χ1n) is 8.91. The van der Waals surface area contributed by atoms with Crippen LogP contribution in [0.2, 0.25) is 0 Å². The molecular formula is C20H20N4OS. The maximum Gasteiger partial charge on any atom is 0.271 e. The van der Waals surface area contributed by atoms with E-state index < -0.39 is 0 Å². The van der Waals surface area contributed by atoms with Crippen LogP contribution in [0.3, 0.4) is 0 Å². The number of hydrogen-bond donors (Lipinski definition) is 0. The van der Waals surface area contributed by atoms with Crippen molar-refractivity contribution in [3.8, 4) is 0 Å². The molecule has 1 saturated heterocycles. The summed E-state index contributed by atoms with van der Waals surface area (Å²) in [7, 11) is 0. The van der Waals surface area contributed by atoms with Gasteiger partial charge in [0.25, 0.3) is 5.91 Å². The van der Waals surface area contributed by atoms with Crippen molar-refractivity contribution in [2.45, 2.75) is 25.2 Å². The van der Waals surface area contributed by atoms with E-state index in [4.69, 9.17) is 0 Å². The number of likely N-dealkylation sites (tertiary alicyclic amines) is 1. The highest BCUT2D eigenvalue weighted by atomic mass is 32.1. The van der Waals surface area contributed by atoms with Gasteiger partial charge < -0.3 is 9.47 Å². The molecule has 132 valence electrons. The van der Waals surface area contributed by atoms with Crippen LogP contribution in [-0.2, 0) is 13.1 Å². The van der Waals surface area contributed by atoms with Gasteiger partial charge in [0.05, 0.1) is 18.6 Å². The molecule has 3 aromatic heterocycles. The van der Waals surface area contributed by atoms with Crippen LogP contribution in [0.25, 0.3) is 0 Å². The van der Waals surface area contributed by atoms with Gasteiger partial charge >= 0.3 is 0 Å². The SMILES string of the molecule is O=C1c2cccn2C2CN(Cc3cccnc3)CC2N1Cc1cccs1. The van der Waals surface area contributed by atoms with Gasteiger partial charge in [0, 0.05) is 43.1 Å². The van der Waals surface area contributed by atoms with E-state index in [9.17, 15) is 4.79 Å². The normalized spacial score (nSPS) is 22.5. The van der Waals surface area contributed by atoms with Gasteiger partial charge in [0.1, 0.15) is 5.69 Å². The van der Waals surface area contributed by atoms with E-state index in [0.717, 1.165) is 25.3 Å². The average Bonchev–Trinajstić information content (AvgIpc) is 3.39. The van der Waals surface area contributed by atoms with Crippen molar-refractivity contribution in [1.82, 2.24) is 19.4 Å². The molecule has 0 aliphatic carbocycles. The van der Waals surface area contributed by atoms with Gasteiger partial charge in [-0.1, -0.05) is 12.1 Å². The highest BCUT2D eigenvalue weighted by molar-refractivity contribution is 7.09. The maximum atomic E-state index is 13.1. The second kappa shape index (κ2) is 6.37. The third-order valence-corrected chi connectivity index (χ3v) is 6.25. The van der Waals surface area contributed by atoms with E-state index in [-0.39, 0.29) is 11.9 Å². The molecule has 0 saturated carbocycles. The first kappa shape index (κ1) is 15.8. The number of hydrogen-bond acceptors (Lipinski definition) is 4. The van der Waals surface area contributed by atoms with Gasteiger partial charge in [-0.3, -0.25) is 14.7 Å². The lowest BCUT2D eigenvalue weighted by Crippen LogP contribution is -2.49. The quantitative estimate of drug-likeness (QED) is 0.715. The zero-order valence-electron chi connectivity index (χ0n) is 14.4. The summed E-state index contributed by atoms with van der Waals surface area (Å²) in [6.07, 6.45) is 5.79. The largest absolute Gasteiger partial charge is 0.337 e.